The summed E-state index contributed by atoms with van der Waals surface area (Å²) in [5, 5.41) is 3.90. The van der Waals surface area contributed by atoms with E-state index in [1.807, 2.05) is 43.3 Å². The predicted molar refractivity (Wildman–Crippen MR) is 74.1 cm³/mol. The van der Waals surface area contributed by atoms with Gasteiger partial charge in [-0.25, -0.2) is 0 Å². The van der Waals surface area contributed by atoms with Gasteiger partial charge in [-0.2, -0.15) is 0 Å². The molecule has 0 saturated carbocycles. The molecule has 1 fully saturated rings. The van der Waals surface area contributed by atoms with E-state index in [0.717, 1.165) is 12.2 Å². The van der Waals surface area contributed by atoms with Crippen LogP contribution in [0.3, 0.4) is 0 Å². The SMILES string of the molecule is CN(C)CC1NCCN(c2cccc(Cl)c2)C1=O. The van der Waals surface area contributed by atoms with Gasteiger partial charge in [0.05, 0.1) is 0 Å². The smallest absolute Gasteiger partial charge is 0.245 e. The van der Waals surface area contributed by atoms with Gasteiger partial charge in [0.1, 0.15) is 6.04 Å². The topological polar surface area (TPSA) is 35.6 Å². The molecule has 1 aliphatic rings. The molecule has 1 aliphatic heterocycles. The summed E-state index contributed by atoms with van der Waals surface area (Å²) in [4.78, 5) is 16.2. The van der Waals surface area contributed by atoms with E-state index in [0.29, 0.717) is 18.1 Å². The van der Waals surface area contributed by atoms with Gasteiger partial charge in [0.25, 0.3) is 0 Å². The van der Waals surface area contributed by atoms with Gasteiger partial charge in [-0.15, -0.1) is 0 Å². The molecule has 98 valence electrons. The summed E-state index contributed by atoms with van der Waals surface area (Å²) in [6.07, 6.45) is 0. The second-order valence-corrected chi connectivity index (χ2v) is 5.18. The molecule has 0 spiro atoms. The van der Waals surface area contributed by atoms with E-state index >= 15 is 0 Å². The third-order valence-electron chi connectivity index (χ3n) is 2.96. The minimum atomic E-state index is -0.146. The monoisotopic (exact) mass is 267 g/mol. The van der Waals surface area contributed by atoms with Gasteiger partial charge in [-0.1, -0.05) is 17.7 Å². The highest BCUT2D eigenvalue weighted by atomic mass is 35.5. The lowest BCUT2D eigenvalue weighted by Gasteiger charge is -2.34. The summed E-state index contributed by atoms with van der Waals surface area (Å²) >= 11 is 5.97. The zero-order valence-electron chi connectivity index (χ0n) is 10.7. The number of likely N-dealkylation sites (N-methyl/N-ethyl adjacent to an activating group) is 1. The molecule has 1 atom stereocenters. The average molecular weight is 268 g/mol. The van der Waals surface area contributed by atoms with E-state index in [1.54, 1.807) is 4.90 Å². The van der Waals surface area contributed by atoms with Gasteiger partial charge in [0, 0.05) is 30.3 Å². The normalized spacial score (nSPS) is 20.6. The minimum Gasteiger partial charge on any atom is -0.310 e. The van der Waals surface area contributed by atoms with Crippen molar-refractivity contribution >= 4 is 23.2 Å². The van der Waals surface area contributed by atoms with Crippen LogP contribution in [-0.2, 0) is 4.79 Å². The van der Waals surface area contributed by atoms with E-state index in [-0.39, 0.29) is 11.9 Å². The average Bonchev–Trinajstić information content (AvgIpc) is 2.31. The molecule has 1 saturated heterocycles. The van der Waals surface area contributed by atoms with Crippen molar-refractivity contribution in [2.75, 3.05) is 38.6 Å². The lowest BCUT2D eigenvalue weighted by Crippen LogP contribution is -2.58. The first-order chi connectivity index (χ1) is 8.58. The van der Waals surface area contributed by atoms with Gasteiger partial charge >= 0.3 is 0 Å². The fourth-order valence-corrected chi connectivity index (χ4v) is 2.33. The molecule has 0 aromatic heterocycles. The molecule has 1 heterocycles. The zero-order chi connectivity index (χ0) is 13.1. The number of hydrogen-bond acceptors (Lipinski definition) is 3. The van der Waals surface area contributed by atoms with Crippen LogP contribution in [0.5, 0.6) is 0 Å². The molecule has 0 radical (unpaired) electrons. The summed E-state index contributed by atoms with van der Waals surface area (Å²) in [7, 11) is 3.93. The van der Waals surface area contributed by atoms with Gasteiger partial charge in [-0.3, -0.25) is 4.79 Å². The number of nitrogens with zero attached hydrogens (tertiary/aromatic N) is 2. The first-order valence-electron chi connectivity index (χ1n) is 6.03. The maximum absolute atomic E-state index is 12.4. The molecule has 0 bridgehead atoms. The number of benzene rings is 1. The van der Waals surface area contributed by atoms with E-state index in [2.05, 4.69) is 5.32 Å². The van der Waals surface area contributed by atoms with Crippen LogP contribution >= 0.6 is 11.6 Å². The Morgan fingerprint density at radius 3 is 2.94 bits per heavy atom. The number of halogens is 1. The standard InChI is InChI=1S/C13H18ClN3O/c1-16(2)9-12-13(18)17(7-6-15-12)11-5-3-4-10(14)8-11/h3-5,8,12,15H,6-7,9H2,1-2H3. The van der Waals surface area contributed by atoms with E-state index in [9.17, 15) is 4.79 Å². The fourth-order valence-electron chi connectivity index (χ4n) is 2.14. The van der Waals surface area contributed by atoms with E-state index in [4.69, 9.17) is 11.6 Å². The largest absolute Gasteiger partial charge is 0.310 e. The Labute approximate surface area is 113 Å². The first kappa shape index (κ1) is 13.3. The molecule has 18 heavy (non-hydrogen) atoms. The summed E-state index contributed by atoms with van der Waals surface area (Å²) < 4.78 is 0. The zero-order valence-corrected chi connectivity index (χ0v) is 11.4. The second-order valence-electron chi connectivity index (χ2n) is 4.74. The van der Waals surface area contributed by atoms with Crippen LogP contribution in [-0.4, -0.2) is 50.6 Å². The Bertz CT molecular complexity index is 436. The molecular formula is C13H18ClN3O. The highest BCUT2D eigenvalue weighted by molar-refractivity contribution is 6.30. The number of rotatable bonds is 3. The van der Waals surface area contributed by atoms with Crippen LogP contribution in [0.1, 0.15) is 0 Å². The lowest BCUT2D eigenvalue weighted by atomic mass is 10.1. The Hall–Kier alpha value is -1.10. The number of hydrogen-bond donors (Lipinski definition) is 1. The summed E-state index contributed by atoms with van der Waals surface area (Å²) in [5.41, 5.74) is 0.873. The highest BCUT2D eigenvalue weighted by Crippen LogP contribution is 2.21. The molecule has 1 N–H and O–H groups in total. The van der Waals surface area contributed by atoms with Crippen LogP contribution in [0.25, 0.3) is 0 Å². The second kappa shape index (κ2) is 5.69. The lowest BCUT2D eigenvalue weighted by molar-refractivity contribution is -0.121. The van der Waals surface area contributed by atoms with Crippen molar-refractivity contribution in [3.05, 3.63) is 29.3 Å². The van der Waals surface area contributed by atoms with Crippen LogP contribution in [0.15, 0.2) is 24.3 Å². The molecular weight excluding hydrogens is 250 g/mol. The number of nitrogens with one attached hydrogen (secondary N) is 1. The maximum Gasteiger partial charge on any atom is 0.245 e. The number of amides is 1. The third-order valence-corrected chi connectivity index (χ3v) is 3.19. The van der Waals surface area contributed by atoms with Crippen LogP contribution in [0.4, 0.5) is 5.69 Å². The van der Waals surface area contributed by atoms with Gasteiger partial charge in [0.2, 0.25) is 5.91 Å². The van der Waals surface area contributed by atoms with E-state index < -0.39 is 0 Å². The van der Waals surface area contributed by atoms with Crippen molar-refractivity contribution in [1.82, 2.24) is 10.2 Å². The molecule has 5 heteroatoms. The molecule has 1 unspecified atom stereocenters. The van der Waals surface area contributed by atoms with Crippen molar-refractivity contribution in [2.24, 2.45) is 0 Å². The Balaban J connectivity index is 2.16. The Morgan fingerprint density at radius 2 is 2.28 bits per heavy atom. The summed E-state index contributed by atoms with van der Waals surface area (Å²) in [6, 6.07) is 7.29. The molecule has 4 nitrogen and oxygen atoms in total. The summed E-state index contributed by atoms with van der Waals surface area (Å²) in [5.74, 6) is 0.109. The minimum absolute atomic E-state index is 0.109. The molecule has 0 aliphatic carbocycles. The van der Waals surface area contributed by atoms with Crippen LogP contribution in [0, 0.1) is 0 Å². The molecule has 2 rings (SSSR count). The molecule has 1 aromatic rings. The van der Waals surface area contributed by atoms with Gasteiger partial charge in [-0.05, 0) is 32.3 Å². The van der Waals surface area contributed by atoms with Gasteiger partial charge in [0.15, 0.2) is 0 Å². The van der Waals surface area contributed by atoms with Crippen molar-refractivity contribution < 1.29 is 4.79 Å². The Kier molecular flexibility index (Phi) is 4.22. The van der Waals surface area contributed by atoms with Gasteiger partial charge < -0.3 is 15.1 Å². The van der Waals surface area contributed by atoms with Crippen molar-refractivity contribution in [3.63, 3.8) is 0 Å². The number of piperazine rings is 1. The first-order valence-corrected chi connectivity index (χ1v) is 6.41. The molecule has 1 aromatic carbocycles. The number of anilines is 1. The molecule has 1 amide bonds. The Morgan fingerprint density at radius 1 is 1.50 bits per heavy atom. The maximum atomic E-state index is 12.4. The number of carbonyl (C=O) groups excluding carboxylic acids is 1. The predicted octanol–water partition coefficient (Wildman–Crippen LogP) is 1.21. The summed E-state index contributed by atoms with van der Waals surface area (Å²) in [6.45, 7) is 2.19. The number of carbonyl (C=O) groups is 1. The van der Waals surface area contributed by atoms with Crippen molar-refractivity contribution in [3.8, 4) is 0 Å². The van der Waals surface area contributed by atoms with Crippen molar-refractivity contribution in [2.45, 2.75) is 6.04 Å². The fraction of sp³-hybridized carbons (Fsp3) is 0.462. The van der Waals surface area contributed by atoms with Crippen LogP contribution < -0.4 is 10.2 Å². The quantitative estimate of drug-likeness (QED) is 0.894. The highest BCUT2D eigenvalue weighted by Gasteiger charge is 2.29. The van der Waals surface area contributed by atoms with Crippen molar-refractivity contribution in [1.29, 1.82) is 0 Å². The van der Waals surface area contributed by atoms with Crippen LogP contribution in [0.2, 0.25) is 5.02 Å². The van der Waals surface area contributed by atoms with E-state index in [1.165, 1.54) is 0 Å². The third kappa shape index (κ3) is 3.02.